The number of piperidine rings is 1. The highest BCUT2D eigenvalue weighted by atomic mass is 16.2. The molecule has 1 atom stereocenters. The summed E-state index contributed by atoms with van der Waals surface area (Å²) in [5.41, 5.74) is 2.76. The number of aromatic nitrogens is 4. The number of likely N-dealkylation sites (tertiary alicyclic amines) is 1. The summed E-state index contributed by atoms with van der Waals surface area (Å²) in [4.78, 5) is 31.2. The predicted molar refractivity (Wildman–Crippen MR) is 101 cm³/mol. The van der Waals surface area contributed by atoms with Crippen molar-refractivity contribution in [2.45, 2.75) is 39.0 Å². The smallest absolute Gasteiger partial charge is 0.317 e. The second-order valence-electron chi connectivity index (χ2n) is 6.95. The first-order chi connectivity index (χ1) is 12.7. The highest BCUT2D eigenvalue weighted by Crippen LogP contribution is 2.33. The van der Waals surface area contributed by atoms with Crippen molar-refractivity contribution in [2.75, 3.05) is 19.6 Å². The Labute approximate surface area is 152 Å². The van der Waals surface area contributed by atoms with Gasteiger partial charge in [-0.1, -0.05) is 6.92 Å². The molecular formula is C19H24N6O. The minimum atomic E-state index is 0.0356. The zero-order valence-electron chi connectivity index (χ0n) is 15.2. The van der Waals surface area contributed by atoms with E-state index in [0.717, 1.165) is 65.8 Å². The van der Waals surface area contributed by atoms with Crippen LogP contribution in [0.25, 0.3) is 21.9 Å². The first-order valence-electron chi connectivity index (χ1n) is 9.30. The van der Waals surface area contributed by atoms with E-state index in [4.69, 9.17) is 0 Å². The molecule has 0 aromatic carbocycles. The van der Waals surface area contributed by atoms with E-state index in [9.17, 15) is 4.79 Å². The SMILES string of the molecule is CCCNC(=O)N1CCCC(c2[nH]c(C)nc3cnc4nccc4c23)C1. The Kier molecular flexibility index (Phi) is 4.44. The van der Waals surface area contributed by atoms with Crippen LogP contribution < -0.4 is 5.32 Å². The number of H-pyrrole nitrogens is 1. The molecule has 7 heteroatoms. The van der Waals surface area contributed by atoms with Crippen LogP contribution in [0, 0.1) is 6.92 Å². The second-order valence-corrected chi connectivity index (χ2v) is 6.95. The Balaban J connectivity index is 1.73. The van der Waals surface area contributed by atoms with E-state index in [1.165, 1.54) is 0 Å². The lowest BCUT2D eigenvalue weighted by atomic mass is 9.91. The molecule has 26 heavy (non-hydrogen) atoms. The molecule has 136 valence electrons. The molecule has 4 rings (SSSR count). The number of amides is 2. The summed E-state index contributed by atoms with van der Waals surface area (Å²) < 4.78 is 0. The number of fused-ring (bicyclic) bond motifs is 3. The molecule has 7 nitrogen and oxygen atoms in total. The van der Waals surface area contributed by atoms with E-state index in [1.54, 1.807) is 12.4 Å². The molecule has 1 fully saturated rings. The van der Waals surface area contributed by atoms with Gasteiger partial charge in [0.1, 0.15) is 5.82 Å². The van der Waals surface area contributed by atoms with Crippen LogP contribution in [0.3, 0.4) is 0 Å². The number of urea groups is 1. The van der Waals surface area contributed by atoms with Crippen molar-refractivity contribution in [3.05, 3.63) is 30.0 Å². The molecule has 0 radical (unpaired) electrons. The van der Waals surface area contributed by atoms with Gasteiger partial charge in [0, 0.05) is 48.2 Å². The Morgan fingerprint density at radius 3 is 3.15 bits per heavy atom. The summed E-state index contributed by atoms with van der Waals surface area (Å²) in [5, 5.41) is 5.10. The van der Waals surface area contributed by atoms with Crippen LogP contribution in [0.2, 0.25) is 0 Å². The number of nitrogens with zero attached hydrogens (tertiary/aromatic N) is 4. The maximum absolute atomic E-state index is 12.4. The largest absolute Gasteiger partial charge is 0.346 e. The predicted octanol–water partition coefficient (Wildman–Crippen LogP) is 3.11. The molecule has 1 unspecified atom stereocenters. The number of carbonyl (C=O) groups excluding carboxylic acids is 1. The Morgan fingerprint density at radius 2 is 2.31 bits per heavy atom. The van der Waals surface area contributed by atoms with E-state index in [2.05, 4.69) is 32.2 Å². The third-order valence-electron chi connectivity index (χ3n) is 5.03. The van der Waals surface area contributed by atoms with Crippen molar-refractivity contribution in [3.8, 4) is 0 Å². The molecule has 2 N–H and O–H groups in total. The van der Waals surface area contributed by atoms with Gasteiger partial charge >= 0.3 is 6.03 Å². The van der Waals surface area contributed by atoms with Gasteiger partial charge in [0.05, 0.1) is 11.7 Å². The third-order valence-corrected chi connectivity index (χ3v) is 5.03. The number of rotatable bonds is 3. The molecule has 0 saturated carbocycles. The van der Waals surface area contributed by atoms with Gasteiger partial charge in [0.15, 0.2) is 5.65 Å². The van der Waals surface area contributed by atoms with Crippen molar-refractivity contribution in [1.29, 1.82) is 0 Å². The Bertz CT molecular complexity index is 950. The summed E-state index contributed by atoms with van der Waals surface area (Å²) >= 11 is 0. The zero-order valence-corrected chi connectivity index (χ0v) is 15.2. The van der Waals surface area contributed by atoms with E-state index in [1.807, 2.05) is 17.9 Å². The van der Waals surface area contributed by atoms with Crippen LogP contribution in [0.4, 0.5) is 4.79 Å². The fourth-order valence-electron chi connectivity index (χ4n) is 3.83. The van der Waals surface area contributed by atoms with E-state index in [0.29, 0.717) is 6.54 Å². The van der Waals surface area contributed by atoms with Crippen molar-refractivity contribution >= 4 is 28.0 Å². The lowest BCUT2D eigenvalue weighted by molar-refractivity contribution is 0.179. The first-order valence-corrected chi connectivity index (χ1v) is 9.30. The average Bonchev–Trinajstić information content (AvgIpc) is 3.14. The highest BCUT2D eigenvalue weighted by molar-refractivity contribution is 6.04. The molecule has 3 aromatic heterocycles. The Morgan fingerprint density at radius 1 is 1.42 bits per heavy atom. The van der Waals surface area contributed by atoms with Crippen LogP contribution in [0.5, 0.6) is 0 Å². The monoisotopic (exact) mass is 352 g/mol. The van der Waals surface area contributed by atoms with Crippen LogP contribution in [0.15, 0.2) is 18.5 Å². The number of nitrogens with one attached hydrogen (secondary N) is 2. The van der Waals surface area contributed by atoms with Crippen molar-refractivity contribution in [2.24, 2.45) is 0 Å². The normalized spacial score (nSPS) is 17.8. The number of aromatic amines is 1. The van der Waals surface area contributed by atoms with Gasteiger partial charge in [-0.2, -0.15) is 0 Å². The fraction of sp³-hybridized carbons (Fsp3) is 0.474. The number of pyridine rings is 1. The summed E-state index contributed by atoms with van der Waals surface area (Å²) in [7, 11) is 0. The molecular weight excluding hydrogens is 328 g/mol. The van der Waals surface area contributed by atoms with Crippen molar-refractivity contribution < 1.29 is 4.79 Å². The summed E-state index contributed by atoms with van der Waals surface area (Å²) in [5.74, 6) is 1.11. The van der Waals surface area contributed by atoms with Gasteiger partial charge in [-0.25, -0.2) is 19.7 Å². The quantitative estimate of drug-likeness (QED) is 0.758. The second kappa shape index (κ2) is 6.90. The molecule has 1 aliphatic rings. The standard InChI is InChI=1S/C19H24N6O/c1-3-7-21-19(26)25-9-4-5-13(11-25)17-16-14-6-8-20-18(14)22-10-15(16)23-12(2)24-17/h6,8,10,13H,3-5,7,9,11H2,1-2H3,(H,21,26)(H,23,24). The maximum atomic E-state index is 12.4. The summed E-state index contributed by atoms with van der Waals surface area (Å²) in [6.07, 6.45) is 6.56. The van der Waals surface area contributed by atoms with Gasteiger partial charge in [-0.05, 0) is 32.3 Å². The molecule has 1 saturated heterocycles. The molecule has 0 spiro atoms. The number of hydrogen-bond acceptors (Lipinski definition) is 4. The van der Waals surface area contributed by atoms with E-state index >= 15 is 0 Å². The minimum absolute atomic E-state index is 0.0356. The van der Waals surface area contributed by atoms with Crippen molar-refractivity contribution in [1.82, 2.24) is 30.2 Å². The molecule has 2 amide bonds. The topological polar surface area (TPSA) is 86.8 Å². The van der Waals surface area contributed by atoms with Gasteiger partial charge in [-0.15, -0.1) is 0 Å². The molecule has 4 heterocycles. The lowest BCUT2D eigenvalue weighted by Gasteiger charge is -2.33. The average molecular weight is 352 g/mol. The zero-order chi connectivity index (χ0) is 18.1. The summed E-state index contributed by atoms with van der Waals surface area (Å²) in [6, 6.07) is 2.03. The van der Waals surface area contributed by atoms with Gasteiger partial charge in [0.2, 0.25) is 0 Å². The van der Waals surface area contributed by atoms with Gasteiger partial charge < -0.3 is 15.2 Å². The maximum Gasteiger partial charge on any atom is 0.317 e. The highest BCUT2D eigenvalue weighted by Gasteiger charge is 2.27. The number of aryl methyl sites for hydroxylation is 1. The first kappa shape index (κ1) is 16.8. The molecule has 0 bridgehead atoms. The van der Waals surface area contributed by atoms with E-state index in [-0.39, 0.29) is 11.9 Å². The van der Waals surface area contributed by atoms with Crippen molar-refractivity contribution in [3.63, 3.8) is 0 Å². The van der Waals surface area contributed by atoms with Crippen LogP contribution >= 0.6 is 0 Å². The van der Waals surface area contributed by atoms with E-state index < -0.39 is 0 Å². The van der Waals surface area contributed by atoms with Crippen LogP contribution in [-0.2, 0) is 0 Å². The number of carbonyl (C=O) groups is 1. The summed E-state index contributed by atoms with van der Waals surface area (Å²) in [6.45, 7) is 6.26. The minimum Gasteiger partial charge on any atom is -0.346 e. The van der Waals surface area contributed by atoms with Gasteiger partial charge in [0.25, 0.3) is 0 Å². The van der Waals surface area contributed by atoms with Crippen LogP contribution in [0.1, 0.15) is 43.6 Å². The molecule has 1 aliphatic heterocycles. The number of hydrogen-bond donors (Lipinski definition) is 2. The third kappa shape index (κ3) is 2.98. The lowest BCUT2D eigenvalue weighted by Crippen LogP contribution is -2.45. The van der Waals surface area contributed by atoms with Crippen LogP contribution in [-0.4, -0.2) is 50.5 Å². The molecule has 3 aromatic rings. The molecule has 0 aliphatic carbocycles. The van der Waals surface area contributed by atoms with Gasteiger partial charge in [-0.3, -0.25) is 0 Å². The fourth-order valence-corrected chi connectivity index (χ4v) is 3.83. The Hall–Kier alpha value is -2.70.